The molecule has 0 aliphatic carbocycles. The summed E-state index contributed by atoms with van der Waals surface area (Å²) in [4.78, 5) is 27.7. The summed E-state index contributed by atoms with van der Waals surface area (Å²) >= 11 is 1.50. The minimum atomic E-state index is -1.04. The van der Waals surface area contributed by atoms with Gasteiger partial charge >= 0.3 is 5.97 Å². The van der Waals surface area contributed by atoms with Gasteiger partial charge in [-0.3, -0.25) is 9.59 Å². The molecule has 0 aromatic carbocycles. The number of carbonyl (C=O) groups is 2. The van der Waals surface area contributed by atoms with E-state index in [4.69, 9.17) is 9.52 Å². The highest BCUT2D eigenvalue weighted by Gasteiger charge is 2.23. The van der Waals surface area contributed by atoms with Crippen molar-refractivity contribution in [1.29, 1.82) is 0 Å². The normalized spacial score (nSPS) is 12.1. The van der Waals surface area contributed by atoms with Gasteiger partial charge in [-0.2, -0.15) is 0 Å². The number of nitrogens with one attached hydrogen (secondary N) is 1. The monoisotopic (exact) mass is 322 g/mol. The van der Waals surface area contributed by atoms with Gasteiger partial charge in [-0.15, -0.1) is 11.3 Å². The fourth-order valence-corrected chi connectivity index (χ4v) is 3.10. The summed E-state index contributed by atoms with van der Waals surface area (Å²) in [5.41, 5.74) is 1.84. The minimum absolute atomic E-state index is 0.174. The topological polar surface area (TPSA) is 92.4 Å². The van der Waals surface area contributed by atoms with Crippen molar-refractivity contribution < 1.29 is 19.1 Å². The maximum absolute atomic E-state index is 12.5. The predicted octanol–water partition coefficient (Wildman–Crippen LogP) is 2.86. The van der Waals surface area contributed by atoms with E-state index in [1.54, 1.807) is 6.92 Å². The van der Waals surface area contributed by atoms with Gasteiger partial charge in [0.1, 0.15) is 17.2 Å². The molecule has 1 unspecified atom stereocenters. The van der Waals surface area contributed by atoms with Crippen molar-refractivity contribution in [2.24, 2.45) is 0 Å². The molecule has 118 valence electrons. The second kappa shape index (κ2) is 6.74. The molecule has 0 radical (unpaired) electrons. The number of amides is 1. The second-order valence-electron chi connectivity index (χ2n) is 5.05. The van der Waals surface area contributed by atoms with Crippen molar-refractivity contribution in [3.05, 3.63) is 39.2 Å². The first-order valence-corrected chi connectivity index (χ1v) is 7.82. The van der Waals surface area contributed by atoms with Crippen LogP contribution in [0.5, 0.6) is 0 Å². The van der Waals surface area contributed by atoms with Crippen LogP contribution in [0.15, 0.2) is 16.1 Å². The van der Waals surface area contributed by atoms with Crippen LogP contribution >= 0.6 is 11.3 Å². The maximum atomic E-state index is 12.5. The number of carbonyl (C=O) groups excluding carboxylic acids is 1. The molecule has 0 aliphatic rings. The van der Waals surface area contributed by atoms with Crippen molar-refractivity contribution in [2.75, 3.05) is 0 Å². The fourth-order valence-electron chi connectivity index (χ4n) is 2.17. The van der Waals surface area contributed by atoms with E-state index in [1.165, 1.54) is 17.6 Å². The molecule has 0 saturated heterocycles. The highest BCUT2D eigenvalue weighted by atomic mass is 32.1. The Kier molecular flexibility index (Phi) is 4.97. The number of carboxylic acids is 1. The number of thiazole rings is 1. The van der Waals surface area contributed by atoms with Crippen molar-refractivity contribution in [3.63, 3.8) is 0 Å². The summed E-state index contributed by atoms with van der Waals surface area (Å²) in [7, 11) is 0. The molecule has 0 saturated carbocycles. The summed E-state index contributed by atoms with van der Waals surface area (Å²) < 4.78 is 5.20. The van der Waals surface area contributed by atoms with Crippen LogP contribution in [0.3, 0.4) is 0 Å². The van der Waals surface area contributed by atoms with Crippen molar-refractivity contribution in [1.82, 2.24) is 10.3 Å². The van der Waals surface area contributed by atoms with Gasteiger partial charge in [-0.05, 0) is 20.3 Å². The van der Waals surface area contributed by atoms with Gasteiger partial charge in [0.05, 0.1) is 17.9 Å². The summed E-state index contributed by atoms with van der Waals surface area (Å²) in [5, 5.41) is 14.6. The minimum Gasteiger partial charge on any atom is -0.481 e. The van der Waals surface area contributed by atoms with Gasteiger partial charge in [0, 0.05) is 16.6 Å². The summed E-state index contributed by atoms with van der Waals surface area (Å²) in [5.74, 6) is -1.19. The Morgan fingerprint density at radius 1 is 1.45 bits per heavy atom. The molecule has 0 aliphatic heterocycles. The first-order chi connectivity index (χ1) is 10.4. The molecule has 2 aromatic heterocycles. The van der Waals surface area contributed by atoms with Crippen molar-refractivity contribution in [3.8, 4) is 0 Å². The number of aromatic nitrogens is 1. The molecule has 2 rings (SSSR count). The number of rotatable bonds is 6. The standard InChI is InChI=1S/C15H18N2O4S/c1-4-10(15-16-9(3)7-22-15)17-14(20)13-8(2)6-21-11(13)5-12(18)19/h6-7,10H,4-5H2,1-3H3,(H,17,20)(H,18,19). The highest BCUT2D eigenvalue weighted by Crippen LogP contribution is 2.23. The fraction of sp³-hybridized carbons (Fsp3) is 0.400. The molecular formula is C15H18N2O4S. The Hall–Kier alpha value is -2.15. The summed E-state index contributed by atoms with van der Waals surface area (Å²) in [6, 6.07) is -0.196. The van der Waals surface area contributed by atoms with E-state index >= 15 is 0 Å². The van der Waals surface area contributed by atoms with E-state index in [-0.39, 0.29) is 24.1 Å². The van der Waals surface area contributed by atoms with Crippen LogP contribution in [0.4, 0.5) is 0 Å². The third kappa shape index (κ3) is 3.54. The van der Waals surface area contributed by atoms with E-state index in [2.05, 4.69) is 10.3 Å². The van der Waals surface area contributed by atoms with Crippen LogP contribution in [-0.2, 0) is 11.2 Å². The zero-order chi connectivity index (χ0) is 16.3. The molecule has 0 spiro atoms. The van der Waals surface area contributed by atoms with Crippen molar-refractivity contribution in [2.45, 2.75) is 39.7 Å². The number of furan rings is 1. The predicted molar refractivity (Wildman–Crippen MR) is 82.1 cm³/mol. The Bertz CT molecular complexity index is 690. The Labute approximate surface area is 132 Å². The second-order valence-corrected chi connectivity index (χ2v) is 5.94. The number of aryl methyl sites for hydroxylation is 2. The first kappa shape index (κ1) is 16.2. The number of carboxylic acid groups (broad SMARTS) is 1. The van der Waals surface area contributed by atoms with Crippen LogP contribution in [0.1, 0.15) is 51.8 Å². The lowest BCUT2D eigenvalue weighted by molar-refractivity contribution is -0.136. The van der Waals surface area contributed by atoms with E-state index in [0.29, 0.717) is 17.5 Å². The number of hydrogen-bond donors (Lipinski definition) is 2. The van der Waals surface area contributed by atoms with Gasteiger partial charge in [-0.25, -0.2) is 4.98 Å². The Morgan fingerprint density at radius 2 is 2.18 bits per heavy atom. The third-order valence-electron chi connectivity index (χ3n) is 3.24. The largest absolute Gasteiger partial charge is 0.481 e. The molecule has 1 atom stereocenters. The lowest BCUT2D eigenvalue weighted by atomic mass is 10.1. The molecule has 22 heavy (non-hydrogen) atoms. The van der Waals surface area contributed by atoms with E-state index in [9.17, 15) is 9.59 Å². The van der Waals surface area contributed by atoms with Crippen LogP contribution in [0.25, 0.3) is 0 Å². The van der Waals surface area contributed by atoms with E-state index in [0.717, 1.165) is 10.7 Å². The number of hydrogen-bond acceptors (Lipinski definition) is 5. The van der Waals surface area contributed by atoms with E-state index < -0.39 is 5.97 Å². The zero-order valence-corrected chi connectivity index (χ0v) is 13.5. The Morgan fingerprint density at radius 3 is 2.73 bits per heavy atom. The smallest absolute Gasteiger partial charge is 0.311 e. The molecule has 2 heterocycles. The van der Waals surface area contributed by atoms with Crippen LogP contribution in [0.2, 0.25) is 0 Å². The van der Waals surface area contributed by atoms with Crippen molar-refractivity contribution >= 4 is 23.2 Å². The quantitative estimate of drug-likeness (QED) is 0.853. The molecule has 6 nitrogen and oxygen atoms in total. The summed E-state index contributed by atoms with van der Waals surface area (Å²) in [6.07, 6.45) is 1.79. The molecule has 1 amide bonds. The number of nitrogens with zero attached hydrogens (tertiary/aromatic N) is 1. The molecule has 2 N–H and O–H groups in total. The van der Waals surface area contributed by atoms with Crippen LogP contribution < -0.4 is 5.32 Å². The average molecular weight is 322 g/mol. The molecule has 0 bridgehead atoms. The molecule has 7 heteroatoms. The Balaban J connectivity index is 2.21. The lowest BCUT2D eigenvalue weighted by Crippen LogP contribution is -2.29. The molecular weight excluding hydrogens is 304 g/mol. The first-order valence-electron chi connectivity index (χ1n) is 6.94. The van der Waals surface area contributed by atoms with Gasteiger partial charge in [-0.1, -0.05) is 6.92 Å². The van der Waals surface area contributed by atoms with E-state index in [1.807, 2.05) is 19.2 Å². The van der Waals surface area contributed by atoms with Crippen LogP contribution in [0, 0.1) is 13.8 Å². The highest BCUT2D eigenvalue weighted by molar-refractivity contribution is 7.09. The average Bonchev–Trinajstić information content (AvgIpc) is 3.02. The SMILES string of the molecule is CCC(NC(=O)c1c(C)coc1CC(=O)O)c1nc(C)cs1. The van der Waals surface area contributed by atoms with Gasteiger partial charge in [0.2, 0.25) is 0 Å². The third-order valence-corrected chi connectivity index (χ3v) is 4.31. The zero-order valence-electron chi connectivity index (χ0n) is 12.7. The molecule has 2 aromatic rings. The van der Waals surface area contributed by atoms with Gasteiger partial charge in [0.25, 0.3) is 5.91 Å². The lowest BCUT2D eigenvalue weighted by Gasteiger charge is -2.14. The van der Waals surface area contributed by atoms with Gasteiger partial charge < -0.3 is 14.8 Å². The van der Waals surface area contributed by atoms with Crippen LogP contribution in [-0.4, -0.2) is 22.0 Å². The summed E-state index contributed by atoms with van der Waals surface area (Å²) in [6.45, 7) is 5.58. The maximum Gasteiger partial charge on any atom is 0.311 e. The molecule has 0 fully saturated rings. The number of aliphatic carboxylic acids is 1. The van der Waals surface area contributed by atoms with Gasteiger partial charge in [0.15, 0.2) is 0 Å².